The number of nitrogens with zero attached hydrogens (tertiary/aromatic N) is 2. The fourth-order valence-corrected chi connectivity index (χ4v) is 6.04. The van der Waals surface area contributed by atoms with E-state index in [0.717, 1.165) is 10.6 Å². The van der Waals surface area contributed by atoms with Gasteiger partial charge >= 0.3 is 0 Å². The standard InChI is InChI=1S/C35H52N6O8S/c1-22(2)17-27-34(46)40-33(23(3)42)35(47)37-13-6-7-15-41(32(45)19-26-21-50-24(4)38-26)16-8-14-36-31(44)20-49-28-11-9-25(18-29(28)48-5)10-12-30(43)39-27/h9,11,18,21-23,27,33,42H,6-8,10,12-17,19-20H2,1-5H3,(H,36,44)(H,37,47)(H,39,43)(H,40,46)/t23-,27-,33+/m1/s1. The van der Waals surface area contributed by atoms with Gasteiger partial charge in [0.15, 0.2) is 18.1 Å². The van der Waals surface area contributed by atoms with Gasteiger partial charge in [0.05, 0.1) is 30.3 Å². The summed E-state index contributed by atoms with van der Waals surface area (Å²) in [5.74, 6) is -1.04. The first kappa shape index (κ1) is 40.2. The molecular weight excluding hydrogens is 664 g/mol. The maximum Gasteiger partial charge on any atom is 0.257 e. The normalized spacial score (nSPS) is 20.3. The zero-order chi connectivity index (χ0) is 36.6. The molecule has 50 heavy (non-hydrogen) atoms. The summed E-state index contributed by atoms with van der Waals surface area (Å²) in [5, 5.41) is 24.2. The number of benzene rings is 1. The Morgan fingerprint density at radius 2 is 1.76 bits per heavy atom. The number of aliphatic hydroxyl groups excluding tert-OH is 1. The van der Waals surface area contributed by atoms with Crippen LogP contribution in [0.4, 0.5) is 0 Å². The minimum Gasteiger partial charge on any atom is -0.493 e. The third-order valence-electron chi connectivity index (χ3n) is 8.08. The number of aryl methyl sites for hydroxylation is 2. The number of nitrogens with one attached hydrogen (secondary N) is 4. The number of hydrogen-bond acceptors (Lipinski definition) is 10. The lowest BCUT2D eigenvalue weighted by Crippen LogP contribution is -2.57. The Labute approximate surface area is 298 Å². The van der Waals surface area contributed by atoms with E-state index in [2.05, 4.69) is 26.3 Å². The van der Waals surface area contributed by atoms with E-state index in [9.17, 15) is 29.1 Å². The van der Waals surface area contributed by atoms with Crippen LogP contribution in [0.5, 0.6) is 11.5 Å². The highest BCUT2D eigenvalue weighted by Gasteiger charge is 2.30. The number of fused-ring (bicyclic) bond motifs is 23. The van der Waals surface area contributed by atoms with Crippen molar-refractivity contribution in [1.82, 2.24) is 31.2 Å². The predicted octanol–water partition coefficient (Wildman–Crippen LogP) is 1.66. The molecule has 4 rings (SSSR count). The molecule has 5 N–H and O–H groups in total. The molecule has 0 unspecified atom stereocenters. The second-order valence-corrected chi connectivity index (χ2v) is 13.9. The van der Waals surface area contributed by atoms with Gasteiger partial charge in [0, 0.05) is 38.0 Å². The summed E-state index contributed by atoms with van der Waals surface area (Å²) in [6.45, 7) is 8.34. The number of aliphatic hydroxyl groups is 1. The minimum absolute atomic E-state index is 0.0566. The molecule has 5 amide bonds. The molecule has 3 heterocycles. The van der Waals surface area contributed by atoms with Gasteiger partial charge in [0.2, 0.25) is 23.6 Å². The summed E-state index contributed by atoms with van der Waals surface area (Å²) < 4.78 is 11.2. The van der Waals surface area contributed by atoms with Crippen molar-refractivity contribution >= 4 is 40.9 Å². The molecule has 0 radical (unpaired) electrons. The van der Waals surface area contributed by atoms with Crippen LogP contribution in [0.2, 0.25) is 0 Å². The molecule has 2 bridgehead atoms. The van der Waals surface area contributed by atoms with Gasteiger partial charge in [-0.25, -0.2) is 4.98 Å². The molecule has 1 aromatic carbocycles. The van der Waals surface area contributed by atoms with E-state index in [4.69, 9.17) is 9.47 Å². The average Bonchev–Trinajstić information content (AvgIpc) is 3.48. The number of aromatic nitrogens is 1. The molecule has 0 saturated heterocycles. The van der Waals surface area contributed by atoms with E-state index in [1.807, 2.05) is 26.2 Å². The van der Waals surface area contributed by atoms with E-state index in [1.165, 1.54) is 25.4 Å². The molecule has 0 saturated carbocycles. The molecule has 15 heteroatoms. The van der Waals surface area contributed by atoms with Gasteiger partial charge in [-0.05, 0) is 69.6 Å². The summed E-state index contributed by atoms with van der Waals surface area (Å²) in [7, 11) is 1.48. The first-order chi connectivity index (χ1) is 23.9. The van der Waals surface area contributed by atoms with Gasteiger partial charge in [-0.15, -0.1) is 11.3 Å². The maximum atomic E-state index is 13.3. The fraction of sp³-hybridized carbons (Fsp3) is 0.600. The second-order valence-electron chi connectivity index (χ2n) is 12.9. The van der Waals surface area contributed by atoms with E-state index in [-0.39, 0.29) is 49.6 Å². The SMILES string of the molecule is COc1cc2ccc1OCC(=O)NCCCN(C(=O)Cc1csc(C)n1)CCCCNC(=O)[C@H]([C@@H](C)O)NC(=O)[C@@H](CC(C)C)NC(=O)CC2. The summed E-state index contributed by atoms with van der Waals surface area (Å²) in [5.41, 5.74) is 1.49. The Morgan fingerprint density at radius 3 is 2.44 bits per heavy atom. The topological polar surface area (TPSA) is 188 Å². The molecule has 0 spiro atoms. The third kappa shape index (κ3) is 13.6. The van der Waals surface area contributed by atoms with Crippen LogP contribution in [-0.2, 0) is 36.8 Å². The molecular formula is C35H52N6O8S. The van der Waals surface area contributed by atoms with Crippen molar-refractivity contribution in [2.75, 3.05) is 39.9 Å². The van der Waals surface area contributed by atoms with Crippen LogP contribution in [0.1, 0.15) is 69.1 Å². The van der Waals surface area contributed by atoms with Crippen molar-refractivity contribution in [3.63, 3.8) is 0 Å². The molecule has 2 aliphatic heterocycles. The highest BCUT2D eigenvalue weighted by Crippen LogP contribution is 2.28. The van der Waals surface area contributed by atoms with Gasteiger partial charge in [0.1, 0.15) is 12.1 Å². The van der Waals surface area contributed by atoms with Crippen molar-refractivity contribution in [3.8, 4) is 11.5 Å². The van der Waals surface area contributed by atoms with Crippen LogP contribution in [0, 0.1) is 12.8 Å². The lowest BCUT2D eigenvalue weighted by atomic mass is 10.0. The highest BCUT2D eigenvalue weighted by molar-refractivity contribution is 7.09. The molecule has 2 aromatic rings. The number of rotatable bonds is 6. The van der Waals surface area contributed by atoms with Gasteiger partial charge in [-0.3, -0.25) is 24.0 Å². The van der Waals surface area contributed by atoms with Crippen LogP contribution in [0.25, 0.3) is 0 Å². The molecule has 276 valence electrons. The largest absolute Gasteiger partial charge is 0.493 e. The number of ether oxygens (including phenoxy) is 2. The number of thiazole rings is 1. The van der Waals surface area contributed by atoms with Crippen molar-refractivity contribution in [2.45, 2.75) is 90.8 Å². The Morgan fingerprint density at radius 1 is 1.02 bits per heavy atom. The van der Waals surface area contributed by atoms with Crippen LogP contribution in [0.3, 0.4) is 0 Å². The molecule has 1 aromatic heterocycles. The van der Waals surface area contributed by atoms with Gasteiger partial charge in [-0.1, -0.05) is 19.9 Å². The number of methoxy groups -OCH3 is 1. The first-order valence-corrected chi connectivity index (χ1v) is 18.0. The van der Waals surface area contributed by atoms with Crippen molar-refractivity contribution in [1.29, 1.82) is 0 Å². The monoisotopic (exact) mass is 716 g/mol. The molecule has 0 fully saturated rings. The Balaban J connectivity index is 1.76. The lowest BCUT2D eigenvalue weighted by molar-refractivity contribution is -0.134. The van der Waals surface area contributed by atoms with Gasteiger partial charge in [-0.2, -0.15) is 0 Å². The maximum absolute atomic E-state index is 13.3. The molecule has 0 aliphatic carbocycles. The number of amides is 5. The Hall–Kier alpha value is -4.24. The average molecular weight is 717 g/mol. The summed E-state index contributed by atoms with van der Waals surface area (Å²) in [6, 6.07) is 3.04. The van der Waals surface area contributed by atoms with Crippen LogP contribution < -0.4 is 30.7 Å². The highest BCUT2D eigenvalue weighted by atomic mass is 32.1. The van der Waals surface area contributed by atoms with E-state index in [1.54, 1.807) is 23.1 Å². The summed E-state index contributed by atoms with van der Waals surface area (Å²) in [4.78, 5) is 71.3. The van der Waals surface area contributed by atoms with Crippen molar-refractivity contribution < 1.29 is 38.6 Å². The Kier molecular flexibility index (Phi) is 16.4. The van der Waals surface area contributed by atoms with E-state index in [0.29, 0.717) is 68.9 Å². The minimum atomic E-state index is -1.23. The third-order valence-corrected chi connectivity index (χ3v) is 8.90. The Bertz CT molecular complexity index is 1450. The molecule has 3 atom stereocenters. The lowest BCUT2D eigenvalue weighted by Gasteiger charge is -2.26. The van der Waals surface area contributed by atoms with E-state index >= 15 is 0 Å². The van der Waals surface area contributed by atoms with Crippen LogP contribution >= 0.6 is 11.3 Å². The second kappa shape index (κ2) is 20.4. The van der Waals surface area contributed by atoms with Gasteiger partial charge < -0.3 is 40.7 Å². The zero-order valence-electron chi connectivity index (χ0n) is 29.7. The van der Waals surface area contributed by atoms with Crippen LogP contribution in [0.15, 0.2) is 23.6 Å². The van der Waals surface area contributed by atoms with Gasteiger partial charge in [0.25, 0.3) is 5.91 Å². The fourth-order valence-electron chi connectivity index (χ4n) is 5.43. The molecule has 2 aliphatic rings. The van der Waals surface area contributed by atoms with E-state index < -0.39 is 30.0 Å². The van der Waals surface area contributed by atoms with Crippen LogP contribution in [-0.4, -0.2) is 103 Å². The molecule has 14 nitrogen and oxygen atoms in total. The summed E-state index contributed by atoms with van der Waals surface area (Å²) in [6.07, 6.45) is 1.37. The summed E-state index contributed by atoms with van der Waals surface area (Å²) >= 11 is 1.48. The first-order valence-electron chi connectivity index (χ1n) is 17.2. The quantitative estimate of drug-likeness (QED) is 0.277. The number of carbonyl (C=O) groups is 5. The predicted molar refractivity (Wildman–Crippen MR) is 189 cm³/mol. The number of carbonyl (C=O) groups excluding carboxylic acids is 5. The van der Waals surface area contributed by atoms with Crippen molar-refractivity contribution in [3.05, 3.63) is 39.8 Å². The number of hydrogen-bond donors (Lipinski definition) is 5. The van der Waals surface area contributed by atoms with Crippen molar-refractivity contribution in [2.24, 2.45) is 5.92 Å². The zero-order valence-corrected chi connectivity index (χ0v) is 30.5. The smallest absolute Gasteiger partial charge is 0.257 e.